The number of carbonyl (C=O) groups excluding carboxylic acids is 1. The summed E-state index contributed by atoms with van der Waals surface area (Å²) in [7, 11) is 0. The lowest BCUT2D eigenvalue weighted by Crippen LogP contribution is -2.49. The van der Waals surface area contributed by atoms with Crippen molar-refractivity contribution in [2.75, 3.05) is 0 Å². The third kappa shape index (κ3) is 1.77. The fourth-order valence-electron chi connectivity index (χ4n) is 1.92. The Morgan fingerprint density at radius 2 is 2.14 bits per heavy atom. The molecule has 4 nitrogen and oxygen atoms in total. The van der Waals surface area contributed by atoms with E-state index in [9.17, 15) is 4.79 Å². The van der Waals surface area contributed by atoms with Crippen molar-refractivity contribution in [3.8, 4) is 0 Å². The van der Waals surface area contributed by atoms with Crippen LogP contribution in [0.5, 0.6) is 0 Å². The van der Waals surface area contributed by atoms with Gasteiger partial charge in [0.15, 0.2) is 0 Å². The zero-order chi connectivity index (χ0) is 10.3. The van der Waals surface area contributed by atoms with Gasteiger partial charge in [0.05, 0.1) is 23.8 Å². The minimum Gasteiger partial charge on any atom is -0.373 e. The van der Waals surface area contributed by atoms with Gasteiger partial charge in [-0.3, -0.25) is 4.79 Å². The quantitative estimate of drug-likeness (QED) is 0.664. The number of ether oxygens (including phenoxy) is 1. The molecule has 3 N–H and O–H groups in total. The fourth-order valence-corrected chi connectivity index (χ4v) is 1.92. The number of hydrogen-bond donors (Lipinski definition) is 2. The Labute approximate surface area is 84.2 Å². The maximum Gasteiger partial charge on any atom is 0.240 e. The largest absolute Gasteiger partial charge is 0.373 e. The van der Waals surface area contributed by atoms with E-state index in [1.165, 1.54) is 0 Å². The van der Waals surface area contributed by atoms with Crippen LogP contribution in [0.4, 0.5) is 0 Å². The second kappa shape index (κ2) is 3.21. The number of amides is 1. The standard InChI is InChI=1S/C10H18N2O2/c1-6-5-8(7(2)14-6)12-9(13)10(11)3-4-10/h6-8H,3-5,11H2,1-2H3,(H,12,13). The van der Waals surface area contributed by atoms with E-state index in [1.807, 2.05) is 13.8 Å². The van der Waals surface area contributed by atoms with Gasteiger partial charge < -0.3 is 15.8 Å². The molecule has 2 rings (SSSR count). The van der Waals surface area contributed by atoms with Crippen LogP contribution in [0.1, 0.15) is 33.1 Å². The van der Waals surface area contributed by atoms with Gasteiger partial charge in [-0.25, -0.2) is 0 Å². The molecule has 2 fully saturated rings. The molecule has 1 heterocycles. The van der Waals surface area contributed by atoms with E-state index in [1.54, 1.807) is 0 Å². The second-order valence-corrected chi connectivity index (χ2v) is 4.62. The molecule has 80 valence electrons. The summed E-state index contributed by atoms with van der Waals surface area (Å²) < 4.78 is 5.55. The van der Waals surface area contributed by atoms with Crippen LogP contribution < -0.4 is 11.1 Å². The van der Waals surface area contributed by atoms with Crippen molar-refractivity contribution in [1.29, 1.82) is 0 Å². The Bertz CT molecular complexity index is 251. The summed E-state index contributed by atoms with van der Waals surface area (Å²) in [6.07, 6.45) is 2.87. The average molecular weight is 198 g/mol. The molecule has 3 atom stereocenters. The molecule has 1 aliphatic heterocycles. The van der Waals surface area contributed by atoms with E-state index in [4.69, 9.17) is 10.5 Å². The predicted molar refractivity (Wildman–Crippen MR) is 52.7 cm³/mol. The Morgan fingerprint density at radius 1 is 1.50 bits per heavy atom. The predicted octanol–water partition coefficient (Wildman–Crippen LogP) is 0.160. The maximum absolute atomic E-state index is 11.6. The Kier molecular flexibility index (Phi) is 2.27. The smallest absolute Gasteiger partial charge is 0.240 e. The molecule has 1 aliphatic carbocycles. The zero-order valence-corrected chi connectivity index (χ0v) is 8.75. The number of rotatable bonds is 2. The van der Waals surface area contributed by atoms with Crippen LogP contribution in [0.2, 0.25) is 0 Å². The molecule has 14 heavy (non-hydrogen) atoms. The van der Waals surface area contributed by atoms with Gasteiger partial charge >= 0.3 is 0 Å². The lowest BCUT2D eigenvalue weighted by Gasteiger charge is -2.18. The second-order valence-electron chi connectivity index (χ2n) is 4.62. The summed E-state index contributed by atoms with van der Waals surface area (Å²) in [5, 5.41) is 2.97. The van der Waals surface area contributed by atoms with Gasteiger partial charge in [-0.2, -0.15) is 0 Å². The Balaban J connectivity index is 1.88. The van der Waals surface area contributed by atoms with E-state index in [0.717, 1.165) is 19.3 Å². The molecule has 1 saturated heterocycles. The van der Waals surface area contributed by atoms with Crippen LogP contribution in [0.25, 0.3) is 0 Å². The van der Waals surface area contributed by atoms with E-state index in [2.05, 4.69) is 5.32 Å². The van der Waals surface area contributed by atoms with Crippen molar-refractivity contribution >= 4 is 5.91 Å². The molecule has 4 heteroatoms. The molecule has 0 spiro atoms. The van der Waals surface area contributed by atoms with Crippen molar-refractivity contribution in [3.63, 3.8) is 0 Å². The monoisotopic (exact) mass is 198 g/mol. The SMILES string of the molecule is CC1CC(NC(=O)C2(N)CC2)C(C)O1. The molecule has 3 unspecified atom stereocenters. The third-order valence-corrected chi connectivity index (χ3v) is 3.16. The summed E-state index contributed by atoms with van der Waals surface area (Å²) in [4.78, 5) is 11.6. The van der Waals surface area contributed by atoms with Crippen molar-refractivity contribution < 1.29 is 9.53 Å². The molecule has 1 saturated carbocycles. The van der Waals surface area contributed by atoms with E-state index >= 15 is 0 Å². The van der Waals surface area contributed by atoms with Gasteiger partial charge in [0, 0.05) is 0 Å². The highest BCUT2D eigenvalue weighted by Crippen LogP contribution is 2.33. The van der Waals surface area contributed by atoms with Gasteiger partial charge in [-0.05, 0) is 33.1 Å². The van der Waals surface area contributed by atoms with Crippen molar-refractivity contribution in [1.82, 2.24) is 5.32 Å². The van der Waals surface area contributed by atoms with E-state index < -0.39 is 5.54 Å². The van der Waals surface area contributed by atoms with E-state index in [0.29, 0.717) is 0 Å². The van der Waals surface area contributed by atoms with Crippen LogP contribution in [0.15, 0.2) is 0 Å². The maximum atomic E-state index is 11.6. The number of nitrogens with two attached hydrogens (primary N) is 1. The summed E-state index contributed by atoms with van der Waals surface area (Å²) in [6.45, 7) is 4.02. The molecule has 1 amide bonds. The van der Waals surface area contributed by atoms with Gasteiger partial charge in [0.25, 0.3) is 0 Å². The molecule has 0 aromatic heterocycles. The molecule has 0 aromatic rings. The van der Waals surface area contributed by atoms with Gasteiger partial charge in [0.1, 0.15) is 0 Å². The minimum absolute atomic E-state index is 0.00736. The summed E-state index contributed by atoms with van der Waals surface area (Å²) >= 11 is 0. The van der Waals surface area contributed by atoms with Gasteiger partial charge in [-0.1, -0.05) is 0 Å². The first-order valence-corrected chi connectivity index (χ1v) is 5.26. The first kappa shape index (κ1) is 9.93. The Hall–Kier alpha value is -0.610. The van der Waals surface area contributed by atoms with Gasteiger partial charge in [0.2, 0.25) is 5.91 Å². The minimum atomic E-state index is -0.564. The molecule has 0 radical (unpaired) electrons. The van der Waals surface area contributed by atoms with Crippen molar-refractivity contribution in [2.45, 2.75) is 56.9 Å². The van der Waals surface area contributed by atoms with Crippen LogP contribution in [0.3, 0.4) is 0 Å². The summed E-state index contributed by atoms with van der Waals surface area (Å²) in [5.74, 6) is -0.00736. The zero-order valence-electron chi connectivity index (χ0n) is 8.75. The van der Waals surface area contributed by atoms with Crippen LogP contribution in [-0.2, 0) is 9.53 Å². The van der Waals surface area contributed by atoms with Crippen molar-refractivity contribution in [2.24, 2.45) is 5.73 Å². The average Bonchev–Trinajstić information content (AvgIpc) is 2.76. The number of nitrogens with one attached hydrogen (secondary N) is 1. The molecule has 0 bridgehead atoms. The highest BCUT2D eigenvalue weighted by Gasteiger charge is 2.47. The third-order valence-electron chi connectivity index (χ3n) is 3.16. The van der Waals surface area contributed by atoms with Crippen LogP contribution >= 0.6 is 0 Å². The van der Waals surface area contributed by atoms with Crippen LogP contribution in [0, 0.1) is 0 Å². The Morgan fingerprint density at radius 3 is 2.57 bits per heavy atom. The molecular weight excluding hydrogens is 180 g/mol. The lowest BCUT2D eigenvalue weighted by molar-refractivity contribution is -0.124. The first-order valence-electron chi connectivity index (χ1n) is 5.26. The first-order chi connectivity index (χ1) is 6.51. The number of carbonyl (C=O) groups is 1. The normalized spacial score (nSPS) is 39.5. The highest BCUT2D eigenvalue weighted by molar-refractivity contribution is 5.89. The topological polar surface area (TPSA) is 64.4 Å². The van der Waals surface area contributed by atoms with Crippen LogP contribution in [-0.4, -0.2) is 29.7 Å². The summed E-state index contributed by atoms with van der Waals surface area (Å²) in [6, 6.07) is 0.138. The molecule has 0 aromatic carbocycles. The van der Waals surface area contributed by atoms with Gasteiger partial charge in [-0.15, -0.1) is 0 Å². The lowest BCUT2D eigenvalue weighted by atomic mass is 10.1. The summed E-state index contributed by atoms with van der Waals surface area (Å²) in [5.41, 5.74) is 5.23. The fraction of sp³-hybridized carbons (Fsp3) is 0.900. The molecular formula is C10H18N2O2. The number of hydrogen-bond acceptors (Lipinski definition) is 3. The van der Waals surface area contributed by atoms with E-state index in [-0.39, 0.29) is 24.2 Å². The highest BCUT2D eigenvalue weighted by atomic mass is 16.5. The van der Waals surface area contributed by atoms with Crippen molar-refractivity contribution in [3.05, 3.63) is 0 Å². The molecule has 2 aliphatic rings.